The number of benzene rings is 2. The number of phenols is 1. The molecule has 3 N–H and O–H groups in total. The lowest BCUT2D eigenvalue weighted by Crippen LogP contribution is -2.13. The lowest BCUT2D eigenvalue weighted by molar-refractivity contribution is 0.0696. The molecule has 0 bridgehead atoms. The number of amides is 1. The van der Waals surface area contributed by atoms with Crippen molar-refractivity contribution < 1.29 is 19.8 Å². The summed E-state index contributed by atoms with van der Waals surface area (Å²) in [6.07, 6.45) is 0. The van der Waals surface area contributed by atoms with Gasteiger partial charge >= 0.3 is 5.97 Å². The van der Waals surface area contributed by atoms with Gasteiger partial charge in [0, 0.05) is 5.56 Å². The number of aromatic hydroxyl groups is 1. The first-order valence-electron chi connectivity index (χ1n) is 6.33. The monoisotopic (exact) mass is 285 g/mol. The Hall–Kier alpha value is -2.82. The van der Waals surface area contributed by atoms with E-state index in [0.717, 1.165) is 11.1 Å². The van der Waals surface area contributed by atoms with E-state index in [-0.39, 0.29) is 17.0 Å². The molecule has 0 atom stereocenters. The largest absolute Gasteiger partial charge is 0.506 e. The number of phenolic OH excluding ortho intramolecular Hbond substituents is 1. The minimum absolute atomic E-state index is 0.0106. The minimum Gasteiger partial charge on any atom is -0.506 e. The molecule has 0 aliphatic carbocycles. The van der Waals surface area contributed by atoms with Gasteiger partial charge in [0.05, 0.1) is 11.3 Å². The third-order valence-corrected chi connectivity index (χ3v) is 2.98. The summed E-state index contributed by atoms with van der Waals surface area (Å²) in [5.41, 5.74) is 2.41. The van der Waals surface area contributed by atoms with Crippen LogP contribution >= 0.6 is 0 Å². The molecule has 2 aromatic rings. The lowest BCUT2D eigenvalue weighted by atomic mass is 10.1. The van der Waals surface area contributed by atoms with Crippen LogP contribution in [0.5, 0.6) is 5.75 Å². The molecule has 21 heavy (non-hydrogen) atoms. The maximum absolute atomic E-state index is 12.2. The average Bonchev–Trinajstić information content (AvgIpc) is 2.39. The van der Waals surface area contributed by atoms with Gasteiger partial charge in [0.1, 0.15) is 5.75 Å². The smallest absolute Gasteiger partial charge is 0.335 e. The van der Waals surface area contributed by atoms with Gasteiger partial charge in [0.25, 0.3) is 5.91 Å². The summed E-state index contributed by atoms with van der Waals surface area (Å²) in [5.74, 6) is -1.71. The number of hydrogen-bond donors (Lipinski definition) is 3. The van der Waals surface area contributed by atoms with Gasteiger partial charge in [0.15, 0.2) is 0 Å². The van der Waals surface area contributed by atoms with E-state index < -0.39 is 11.9 Å². The van der Waals surface area contributed by atoms with E-state index in [9.17, 15) is 14.7 Å². The molecule has 0 unspecified atom stereocenters. The number of carboxylic acid groups (broad SMARTS) is 1. The predicted molar refractivity (Wildman–Crippen MR) is 78.9 cm³/mol. The van der Waals surface area contributed by atoms with E-state index in [1.54, 1.807) is 12.1 Å². The maximum Gasteiger partial charge on any atom is 0.335 e. The Bertz CT molecular complexity index is 702. The fourth-order valence-electron chi connectivity index (χ4n) is 2.07. The van der Waals surface area contributed by atoms with Crippen molar-refractivity contribution in [3.8, 4) is 5.75 Å². The van der Waals surface area contributed by atoms with Gasteiger partial charge < -0.3 is 15.5 Å². The predicted octanol–water partition coefficient (Wildman–Crippen LogP) is 2.96. The summed E-state index contributed by atoms with van der Waals surface area (Å²) in [4.78, 5) is 23.1. The minimum atomic E-state index is -1.13. The normalized spacial score (nSPS) is 10.2. The van der Waals surface area contributed by atoms with Crippen LogP contribution in [0.3, 0.4) is 0 Å². The molecule has 0 aromatic heterocycles. The summed E-state index contributed by atoms with van der Waals surface area (Å²) < 4.78 is 0. The molecule has 0 fully saturated rings. The van der Waals surface area contributed by atoms with Gasteiger partial charge in [-0.05, 0) is 44.2 Å². The molecule has 5 nitrogen and oxygen atoms in total. The molecule has 0 heterocycles. The molecule has 5 heteroatoms. The maximum atomic E-state index is 12.2. The Morgan fingerprint density at radius 2 is 1.57 bits per heavy atom. The topological polar surface area (TPSA) is 86.6 Å². The molecule has 1 amide bonds. The molecular weight excluding hydrogens is 270 g/mol. The fourth-order valence-corrected chi connectivity index (χ4v) is 2.07. The second-order valence-corrected chi connectivity index (χ2v) is 4.87. The Kier molecular flexibility index (Phi) is 3.93. The second kappa shape index (κ2) is 5.66. The van der Waals surface area contributed by atoms with E-state index >= 15 is 0 Å². The van der Waals surface area contributed by atoms with Crippen LogP contribution in [0.4, 0.5) is 5.69 Å². The molecule has 0 spiro atoms. The molecule has 0 saturated carbocycles. The van der Waals surface area contributed by atoms with Crippen LogP contribution in [-0.2, 0) is 0 Å². The van der Waals surface area contributed by atoms with Crippen molar-refractivity contribution in [2.75, 3.05) is 5.32 Å². The Morgan fingerprint density at radius 3 is 2.14 bits per heavy atom. The number of aromatic carboxylic acids is 1. The lowest BCUT2D eigenvalue weighted by Gasteiger charge is -2.09. The SMILES string of the molecule is Cc1cc(C)cc(C(=O)Nc2cc(C(=O)O)ccc2O)c1. The second-order valence-electron chi connectivity index (χ2n) is 4.87. The van der Waals surface area contributed by atoms with Gasteiger partial charge in [-0.2, -0.15) is 0 Å². The highest BCUT2D eigenvalue weighted by Crippen LogP contribution is 2.25. The summed E-state index contributed by atoms with van der Waals surface area (Å²) in [7, 11) is 0. The van der Waals surface area contributed by atoms with Crippen molar-refractivity contribution in [1.82, 2.24) is 0 Å². The van der Waals surface area contributed by atoms with Crippen LogP contribution in [0, 0.1) is 13.8 Å². The number of carboxylic acids is 1. The van der Waals surface area contributed by atoms with Crippen LogP contribution in [-0.4, -0.2) is 22.1 Å². The highest BCUT2D eigenvalue weighted by Gasteiger charge is 2.12. The van der Waals surface area contributed by atoms with Gasteiger partial charge in [0.2, 0.25) is 0 Å². The van der Waals surface area contributed by atoms with Crippen LogP contribution in [0.1, 0.15) is 31.8 Å². The fraction of sp³-hybridized carbons (Fsp3) is 0.125. The highest BCUT2D eigenvalue weighted by atomic mass is 16.4. The van der Waals surface area contributed by atoms with Crippen molar-refractivity contribution in [1.29, 1.82) is 0 Å². The zero-order valence-corrected chi connectivity index (χ0v) is 11.7. The van der Waals surface area contributed by atoms with E-state index in [4.69, 9.17) is 5.11 Å². The Labute approximate surface area is 121 Å². The molecule has 0 aliphatic rings. The van der Waals surface area contributed by atoms with Crippen LogP contribution in [0.25, 0.3) is 0 Å². The number of rotatable bonds is 3. The summed E-state index contributed by atoms with van der Waals surface area (Å²) >= 11 is 0. The summed E-state index contributed by atoms with van der Waals surface area (Å²) in [6, 6.07) is 9.11. The molecule has 108 valence electrons. The number of anilines is 1. The van der Waals surface area contributed by atoms with Crippen molar-refractivity contribution in [3.63, 3.8) is 0 Å². The number of carbonyl (C=O) groups is 2. The Morgan fingerprint density at radius 1 is 0.952 bits per heavy atom. The first kappa shape index (κ1) is 14.6. The average molecular weight is 285 g/mol. The van der Waals surface area contributed by atoms with Gasteiger partial charge in [-0.25, -0.2) is 4.79 Å². The number of hydrogen-bond acceptors (Lipinski definition) is 3. The quantitative estimate of drug-likeness (QED) is 0.757. The molecule has 2 rings (SSSR count). The van der Waals surface area contributed by atoms with Crippen LogP contribution in [0.2, 0.25) is 0 Å². The number of aryl methyl sites for hydroxylation is 2. The molecule has 2 aromatic carbocycles. The number of carbonyl (C=O) groups excluding carboxylic acids is 1. The van der Waals surface area contributed by atoms with E-state index in [1.165, 1.54) is 18.2 Å². The van der Waals surface area contributed by atoms with Gasteiger partial charge in [-0.15, -0.1) is 0 Å². The zero-order chi connectivity index (χ0) is 15.6. The summed E-state index contributed by atoms with van der Waals surface area (Å²) in [5, 5.41) is 21.2. The van der Waals surface area contributed by atoms with Gasteiger partial charge in [-0.1, -0.05) is 17.2 Å². The first-order valence-corrected chi connectivity index (χ1v) is 6.33. The third kappa shape index (κ3) is 3.39. The zero-order valence-electron chi connectivity index (χ0n) is 11.7. The summed E-state index contributed by atoms with van der Waals surface area (Å²) in [6.45, 7) is 3.76. The van der Waals surface area contributed by atoms with Crippen molar-refractivity contribution in [3.05, 3.63) is 58.7 Å². The molecule has 0 aliphatic heterocycles. The van der Waals surface area contributed by atoms with E-state index in [0.29, 0.717) is 5.56 Å². The van der Waals surface area contributed by atoms with Gasteiger partial charge in [-0.3, -0.25) is 4.79 Å². The third-order valence-electron chi connectivity index (χ3n) is 2.98. The molecular formula is C16H15NO4. The molecule has 0 saturated heterocycles. The van der Waals surface area contributed by atoms with Crippen LogP contribution in [0.15, 0.2) is 36.4 Å². The first-order chi connectivity index (χ1) is 9.86. The van der Waals surface area contributed by atoms with E-state index in [1.807, 2.05) is 19.9 Å². The van der Waals surface area contributed by atoms with Crippen molar-refractivity contribution in [2.45, 2.75) is 13.8 Å². The van der Waals surface area contributed by atoms with Crippen molar-refractivity contribution in [2.24, 2.45) is 0 Å². The van der Waals surface area contributed by atoms with Crippen molar-refractivity contribution >= 4 is 17.6 Å². The Balaban J connectivity index is 2.31. The standard InChI is InChI=1S/C16H15NO4/c1-9-5-10(2)7-12(6-9)15(19)17-13-8-11(16(20)21)3-4-14(13)18/h3-8,18H,1-2H3,(H,17,19)(H,20,21). The molecule has 0 radical (unpaired) electrons. The number of nitrogens with one attached hydrogen (secondary N) is 1. The van der Waals surface area contributed by atoms with E-state index in [2.05, 4.69) is 5.32 Å². The van der Waals surface area contributed by atoms with Crippen LogP contribution < -0.4 is 5.32 Å². The highest BCUT2D eigenvalue weighted by molar-refractivity contribution is 6.05.